The zero-order valence-electron chi connectivity index (χ0n) is 8.02. The topological polar surface area (TPSA) is 57.8 Å². The summed E-state index contributed by atoms with van der Waals surface area (Å²) in [4.78, 5) is 17.9. The number of aromatic nitrogens is 2. The van der Waals surface area contributed by atoms with Gasteiger partial charge in [0.1, 0.15) is 9.39 Å². The van der Waals surface area contributed by atoms with Crippen molar-refractivity contribution >= 4 is 40.0 Å². The Balaban J connectivity index is 2.05. The average Bonchev–Trinajstić information content (AvgIpc) is 3.01. The van der Waals surface area contributed by atoms with Gasteiger partial charge in [0.15, 0.2) is 0 Å². The highest BCUT2D eigenvalue weighted by atomic mass is 127. The van der Waals surface area contributed by atoms with Crippen LogP contribution in [0.1, 0.15) is 12.8 Å². The SMILES string of the molecule is O=c1[nH]cnc(NCC2(CCl)CC2)c1I. The van der Waals surface area contributed by atoms with Gasteiger partial charge in [-0.2, -0.15) is 0 Å². The molecule has 1 aromatic rings. The number of rotatable bonds is 4. The summed E-state index contributed by atoms with van der Waals surface area (Å²) < 4.78 is 0.598. The van der Waals surface area contributed by atoms with Gasteiger partial charge in [-0.1, -0.05) is 0 Å². The third kappa shape index (κ3) is 2.44. The molecule has 15 heavy (non-hydrogen) atoms. The standard InChI is InChI=1S/C9H11ClIN3O/c10-3-9(1-2-9)4-12-7-6(11)8(15)14-5-13-7/h5H,1-4H2,(H2,12,13,14,15). The first kappa shape index (κ1) is 11.2. The minimum Gasteiger partial charge on any atom is -0.368 e. The number of aromatic amines is 1. The molecule has 6 heteroatoms. The van der Waals surface area contributed by atoms with Crippen LogP contribution < -0.4 is 10.9 Å². The van der Waals surface area contributed by atoms with Crippen molar-refractivity contribution in [1.82, 2.24) is 9.97 Å². The number of H-pyrrole nitrogens is 1. The van der Waals surface area contributed by atoms with E-state index < -0.39 is 0 Å². The van der Waals surface area contributed by atoms with E-state index in [1.807, 2.05) is 22.6 Å². The summed E-state index contributed by atoms with van der Waals surface area (Å²) in [5.41, 5.74) is 0.123. The number of alkyl halides is 1. The van der Waals surface area contributed by atoms with E-state index in [0.29, 0.717) is 15.3 Å². The summed E-state index contributed by atoms with van der Waals surface area (Å²) in [6.45, 7) is 0.795. The second-order valence-corrected chi connectivity index (χ2v) is 5.23. The molecule has 4 nitrogen and oxygen atoms in total. The Morgan fingerprint density at radius 1 is 1.67 bits per heavy atom. The van der Waals surface area contributed by atoms with E-state index in [1.54, 1.807) is 0 Å². The Labute approximate surface area is 106 Å². The fraction of sp³-hybridized carbons (Fsp3) is 0.556. The lowest BCUT2D eigenvalue weighted by molar-refractivity contribution is 0.617. The van der Waals surface area contributed by atoms with Crippen molar-refractivity contribution < 1.29 is 0 Å². The largest absolute Gasteiger partial charge is 0.368 e. The maximum Gasteiger partial charge on any atom is 0.266 e. The summed E-state index contributed by atoms with van der Waals surface area (Å²) in [7, 11) is 0. The first-order valence-corrected chi connectivity index (χ1v) is 6.31. The van der Waals surface area contributed by atoms with Gasteiger partial charge in [-0.3, -0.25) is 4.79 Å². The maximum absolute atomic E-state index is 11.3. The van der Waals surface area contributed by atoms with Crippen LogP contribution in [0.3, 0.4) is 0 Å². The summed E-state index contributed by atoms with van der Waals surface area (Å²) >= 11 is 7.85. The Morgan fingerprint density at radius 3 is 3.00 bits per heavy atom. The molecule has 82 valence electrons. The maximum atomic E-state index is 11.3. The molecule has 1 saturated carbocycles. The normalized spacial score (nSPS) is 17.5. The smallest absolute Gasteiger partial charge is 0.266 e. The molecule has 1 aliphatic carbocycles. The summed E-state index contributed by atoms with van der Waals surface area (Å²) in [6.07, 6.45) is 3.72. The van der Waals surface area contributed by atoms with E-state index >= 15 is 0 Å². The molecule has 1 aliphatic rings. The first-order valence-electron chi connectivity index (χ1n) is 4.70. The second-order valence-electron chi connectivity index (χ2n) is 3.88. The van der Waals surface area contributed by atoms with Gasteiger partial charge in [0, 0.05) is 17.8 Å². The van der Waals surface area contributed by atoms with Gasteiger partial charge >= 0.3 is 0 Å². The molecule has 1 fully saturated rings. The van der Waals surface area contributed by atoms with E-state index in [1.165, 1.54) is 6.33 Å². The Bertz CT molecular complexity index is 416. The van der Waals surface area contributed by atoms with E-state index in [2.05, 4.69) is 15.3 Å². The average molecular weight is 340 g/mol. The lowest BCUT2D eigenvalue weighted by Gasteiger charge is -2.13. The molecule has 0 saturated heterocycles. The van der Waals surface area contributed by atoms with Crippen LogP contribution in [0.15, 0.2) is 11.1 Å². The molecule has 0 radical (unpaired) electrons. The van der Waals surface area contributed by atoms with Crippen LogP contribution in [0.25, 0.3) is 0 Å². The summed E-state index contributed by atoms with van der Waals surface area (Å²) in [5, 5.41) is 3.18. The number of hydrogen-bond donors (Lipinski definition) is 2. The molecule has 0 aromatic carbocycles. The van der Waals surface area contributed by atoms with Crippen molar-refractivity contribution in [3.05, 3.63) is 20.3 Å². The van der Waals surface area contributed by atoms with Gasteiger partial charge in [0.2, 0.25) is 0 Å². The molecule has 0 atom stereocenters. The fourth-order valence-corrected chi connectivity index (χ4v) is 2.16. The Hall–Kier alpha value is -0.300. The molecule has 2 N–H and O–H groups in total. The van der Waals surface area contributed by atoms with Gasteiger partial charge in [0.05, 0.1) is 6.33 Å². The van der Waals surface area contributed by atoms with Crippen molar-refractivity contribution in [2.75, 3.05) is 17.7 Å². The molecular formula is C9H11ClIN3O. The molecule has 0 amide bonds. The van der Waals surface area contributed by atoms with Crippen molar-refractivity contribution in [1.29, 1.82) is 0 Å². The van der Waals surface area contributed by atoms with E-state index in [4.69, 9.17) is 11.6 Å². The van der Waals surface area contributed by atoms with Gasteiger partial charge in [-0.15, -0.1) is 11.6 Å². The highest BCUT2D eigenvalue weighted by Gasteiger charge is 2.41. The number of anilines is 1. The van der Waals surface area contributed by atoms with Crippen LogP contribution in [-0.4, -0.2) is 22.4 Å². The van der Waals surface area contributed by atoms with Crippen molar-refractivity contribution in [3.63, 3.8) is 0 Å². The van der Waals surface area contributed by atoms with Crippen LogP contribution in [-0.2, 0) is 0 Å². The van der Waals surface area contributed by atoms with Crippen LogP contribution >= 0.6 is 34.2 Å². The second kappa shape index (κ2) is 4.29. The highest BCUT2D eigenvalue weighted by Crippen LogP contribution is 2.46. The highest BCUT2D eigenvalue weighted by molar-refractivity contribution is 14.1. The molecule has 1 aromatic heterocycles. The molecule has 1 heterocycles. The summed E-state index contributed by atoms with van der Waals surface area (Å²) in [5.74, 6) is 1.32. The number of hydrogen-bond acceptors (Lipinski definition) is 3. The quantitative estimate of drug-likeness (QED) is 0.650. The number of halogens is 2. The van der Waals surface area contributed by atoms with Crippen LogP contribution in [0.2, 0.25) is 0 Å². The van der Waals surface area contributed by atoms with Gasteiger partial charge in [-0.25, -0.2) is 4.98 Å². The van der Waals surface area contributed by atoms with E-state index in [9.17, 15) is 4.79 Å². The van der Waals surface area contributed by atoms with Gasteiger partial charge in [0.25, 0.3) is 5.56 Å². The third-order valence-corrected chi connectivity index (χ3v) is 4.24. The monoisotopic (exact) mass is 339 g/mol. The molecular weight excluding hydrogens is 328 g/mol. The van der Waals surface area contributed by atoms with Crippen molar-refractivity contribution in [3.8, 4) is 0 Å². The van der Waals surface area contributed by atoms with Crippen LogP contribution in [0, 0.1) is 8.99 Å². The molecule has 0 aliphatic heterocycles. The fourth-order valence-electron chi connectivity index (χ4n) is 1.31. The zero-order valence-corrected chi connectivity index (χ0v) is 10.9. The third-order valence-electron chi connectivity index (χ3n) is 2.67. The Kier molecular flexibility index (Phi) is 3.20. The lowest BCUT2D eigenvalue weighted by atomic mass is 10.1. The number of nitrogens with zero attached hydrogens (tertiary/aromatic N) is 1. The zero-order chi connectivity index (χ0) is 10.9. The predicted octanol–water partition coefficient (Wildman–Crippen LogP) is 1.81. The van der Waals surface area contributed by atoms with Gasteiger partial charge < -0.3 is 10.3 Å². The minimum absolute atomic E-state index is 0.108. The lowest BCUT2D eigenvalue weighted by Crippen LogP contribution is -2.21. The molecule has 0 spiro atoms. The first-order chi connectivity index (χ1) is 7.17. The van der Waals surface area contributed by atoms with Crippen LogP contribution in [0.5, 0.6) is 0 Å². The molecule has 0 unspecified atom stereocenters. The van der Waals surface area contributed by atoms with E-state index in [-0.39, 0.29) is 11.0 Å². The summed E-state index contributed by atoms with van der Waals surface area (Å²) in [6, 6.07) is 0. The molecule has 0 bridgehead atoms. The van der Waals surface area contributed by atoms with Crippen LogP contribution in [0.4, 0.5) is 5.82 Å². The number of nitrogens with one attached hydrogen (secondary N) is 2. The molecule has 2 rings (SSSR count). The van der Waals surface area contributed by atoms with E-state index in [0.717, 1.165) is 19.4 Å². The van der Waals surface area contributed by atoms with Crippen molar-refractivity contribution in [2.45, 2.75) is 12.8 Å². The Morgan fingerprint density at radius 2 is 2.40 bits per heavy atom. The van der Waals surface area contributed by atoms with Gasteiger partial charge in [-0.05, 0) is 35.4 Å². The minimum atomic E-state index is -0.108. The van der Waals surface area contributed by atoms with Crippen molar-refractivity contribution in [2.24, 2.45) is 5.41 Å². The predicted molar refractivity (Wildman–Crippen MR) is 68.5 cm³/mol.